The number of aliphatic hydroxyl groups excluding tert-OH is 1. The third-order valence-electron chi connectivity index (χ3n) is 2.51. The second kappa shape index (κ2) is 6.28. The number of halogens is 2. The molecule has 96 valence electrons. The number of nitrogens with zero attached hydrogens (tertiary/aromatic N) is 2. The Labute approximate surface area is 112 Å². The van der Waals surface area contributed by atoms with Crippen molar-refractivity contribution in [2.45, 2.75) is 19.9 Å². The molecule has 0 aliphatic heterocycles. The van der Waals surface area contributed by atoms with Crippen molar-refractivity contribution in [3.63, 3.8) is 0 Å². The molecule has 1 unspecified atom stereocenters. The number of hydrogen-bond acceptors (Lipinski definition) is 4. The zero-order valence-corrected chi connectivity index (χ0v) is 11.7. The number of rotatable bonds is 5. The van der Waals surface area contributed by atoms with Gasteiger partial charge in [0.25, 0.3) is 0 Å². The van der Waals surface area contributed by atoms with Crippen LogP contribution in [0.4, 0.5) is 11.6 Å². The van der Waals surface area contributed by atoms with E-state index >= 15 is 0 Å². The fourth-order valence-corrected chi connectivity index (χ4v) is 1.89. The van der Waals surface area contributed by atoms with Crippen LogP contribution in [0.25, 0.3) is 0 Å². The third-order valence-corrected chi connectivity index (χ3v) is 3.08. The van der Waals surface area contributed by atoms with Gasteiger partial charge in [-0.1, -0.05) is 23.2 Å². The molecule has 1 aromatic heterocycles. The highest BCUT2D eigenvalue weighted by atomic mass is 35.5. The molecule has 0 aliphatic carbocycles. The first-order chi connectivity index (χ1) is 8.01. The molecule has 0 aliphatic rings. The minimum absolute atomic E-state index is 0.0354. The standard InChI is InChI=1S/C11H17Cl2N3O/c1-4-14-10-8(12)5-9(13)11(15-10)16(3)7(2)6-17/h5,7,17H,4,6H2,1-3H3,(H,14,15). The Hall–Kier alpha value is -0.710. The first-order valence-electron chi connectivity index (χ1n) is 5.44. The summed E-state index contributed by atoms with van der Waals surface area (Å²) >= 11 is 12.1. The molecule has 17 heavy (non-hydrogen) atoms. The molecule has 0 saturated heterocycles. The molecule has 6 heteroatoms. The minimum atomic E-state index is -0.0596. The maximum atomic E-state index is 9.13. The summed E-state index contributed by atoms with van der Waals surface area (Å²) in [5, 5.41) is 13.2. The lowest BCUT2D eigenvalue weighted by atomic mass is 10.3. The van der Waals surface area contributed by atoms with Crippen LogP contribution in [-0.2, 0) is 0 Å². The SMILES string of the molecule is CCNc1nc(N(C)C(C)CO)c(Cl)cc1Cl. The van der Waals surface area contributed by atoms with Gasteiger partial charge in [-0.15, -0.1) is 0 Å². The van der Waals surface area contributed by atoms with E-state index in [1.807, 2.05) is 25.8 Å². The largest absolute Gasteiger partial charge is 0.394 e. The summed E-state index contributed by atoms with van der Waals surface area (Å²) < 4.78 is 0. The molecule has 0 radical (unpaired) electrons. The van der Waals surface area contributed by atoms with E-state index in [1.165, 1.54) is 0 Å². The third kappa shape index (κ3) is 3.37. The summed E-state index contributed by atoms with van der Waals surface area (Å²) in [6.45, 7) is 4.62. The second-order valence-corrected chi connectivity index (χ2v) is 4.61. The molecule has 0 spiro atoms. The maximum absolute atomic E-state index is 9.13. The molecule has 0 fully saturated rings. The number of aliphatic hydroxyl groups is 1. The highest BCUT2D eigenvalue weighted by Crippen LogP contribution is 2.31. The van der Waals surface area contributed by atoms with Crippen LogP contribution >= 0.6 is 23.2 Å². The zero-order chi connectivity index (χ0) is 13.0. The first kappa shape index (κ1) is 14.4. The van der Waals surface area contributed by atoms with Crippen molar-refractivity contribution < 1.29 is 5.11 Å². The molecule has 4 nitrogen and oxygen atoms in total. The van der Waals surface area contributed by atoms with Crippen LogP contribution in [0.3, 0.4) is 0 Å². The van der Waals surface area contributed by atoms with Crippen LogP contribution in [0, 0.1) is 0 Å². The molecular weight excluding hydrogens is 261 g/mol. The summed E-state index contributed by atoms with van der Waals surface area (Å²) in [6, 6.07) is 1.60. The van der Waals surface area contributed by atoms with Gasteiger partial charge in [-0.25, -0.2) is 4.98 Å². The van der Waals surface area contributed by atoms with Gasteiger partial charge in [0, 0.05) is 13.6 Å². The fraction of sp³-hybridized carbons (Fsp3) is 0.545. The Morgan fingerprint density at radius 2 is 2.12 bits per heavy atom. The average molecular weight is 278 g/mol. The van der Waals surface area contributed by atoms with Crippen LogP contribution in [0.2, 0.25) is 10.0 Å². The zero-order valence-electron chi connectivity index (χ0n) is 10.2. The second-order valence-electron chi connectivity index (χ2n) is 3.80. The van der Waals surface area contributed by atoms with Crippen LogP contribution in [0.5, 0.6) is 0 Å². The van der Waals surface area contributed by atoms with Gasteiger partial charge in [0.2, 0.25) is 0 Å². The topological polar surface area (TPSA) is 48.4 Å². The van der Waals surface area contributed by atoms with Crippen molar-refractivity contribution >= 4 is 34.8 Å². The van der Waals surface area contributed by atoms with Crippen molar-refractivity contribution in [1.82, 2.24) is 4.98 Å². The summed E-state index contributed by atoms with van der Waals surface area (Å²) in [5.74, 6) is 1.21. The van der Waals surface area contributed by atoms with Gasteiger partial charge < -0.3 is 15.3 Å². The van der Waals surface area contributed by atoms with E-state index in [-0.39, 0.29) is 12.6 Å². The van der Waals surface area contributed by atoms with Gasteiger partial charge in [0.05, 0.1) is 22.7 Å². The molecule has 1 rings (SSSR count). The van der Waals surface area contributed by atoms with Crippen LogP contribution in [-0.4, -0.2) is 36.3 Å². The van der Waals surface area contributed by atoms with Crippen LogP contribution in [0.15, 0.2) is 6.07 Å². The Balaban J connectivity index is 3.10. The van der Waals surface area contributed by atoms with E-state index in [2.05, 4.69) is 10.3 Å². The minimum Gasteiger partial charge on any atom is -0.394 e. The predicted molar refractivity (Wildman–Crippen MR) is 73.4 cm³/mol. The summed E-state index contributed by atoms with van der Waals surface area (Å²) in [6.07, 6.45) is 0. The van der Waals surface area contributed by atoms with Gasteiger partial charge in [0.15, 0.2) is 0 Å². The molecule has 1 atom stereocenters. The maximum Gasteiger partial charge on any atom is 0.150 e. The molecule has 0 aromatic carbocycles. The Bertz CT molecular complexity index is 387. The van der Waals surface area contributed by atoms with E-state index in [0.29, 0.717) is 21.7 Å². The Morgan fingerprint density at radius 3 is 2.65 bits per heavy atom. The molecule has 1 aromatic rings. The van der Waals surface area contributed by atoms with Gasteiger partial charge in [0.1, 0.15) is 11.6 Å². The number of anilines is 2. The number of aromatic nitrogens is 1. The van der Waals surface area contributed by atoms with Crippen molar-refractivity contribution in [2.75, 3.05) is 30.4 Å². The van der Waals surface area contributed by atoms with E-state index in [0.717, 1.165) is 6.54 Å². The molecule has 0 amide bonds. The van der Waals surface area contributed by atoms with Crippen molar-refractivity contribution in [3.05, 3.63) is 16.1 Å². The number of likely N-dealkylation sites (N-methyl/N-ethyl adjacent to an activating group) is 1. The predicted octanol–water partition coefficient (Wildman–Crippen LogP) is 2.64. The average Bonchev–Trinajstić information content (AvgIpc) is 2.31. The molecule has 0 saturated carbocycles. The molecule has 2 N–H and O–H groups in total. The molecule has 0 bridgehead atoms. The van der Waals surface area contributed by atoms with Crippen LogP contribution < -0.4 is 10.2 Å². The van der Waals surface area contributed by atoms with Crippen molar-refractivity contribution in [3.8, 4) is 0 Å². The monoisotopic (exact) mass is 277 g/mol. The Morgan fingerprint density at radius 1 is 1.47 bits per heavy atom. The smallest absolute Gasteiger partial charge is 0.150 e. The van der Waals surface area contributed by atoms with Gasteiger partial charge >= 0.3 is 0 Å². The van der Waals surface area contributed by atoms with Crippen molar-refractivity contribution in [1.29, 1.82) is 0 Å². The number of pyridine rings is 1. The van der Waals surface area contributed by atoms with Gasteiger partial charge in [-0.2, -0.15) is 0 Å². The van der Waals surface area contributed by atoms with E-state index in [1.54, 1.807) is 6.07 Å². The number of nitrogens with one attached hydrogen (secondary N) is 1. The van der Waals surface area contributed by atoms with E-state index in [4.69, 9.17) is 28.3 Å². The van der Waals surface area contributed by atoms with Crippen molar-refractivity contribution in [2.24, 2.45) is 0 Å². The lowest BCUT2D eigenvalue weighted by Gasteiger charge is -2.25. The summed E-state index contributed by atoms with van der Waals surface area (Å²) in [5.41, 5.74) is 0. The van der Waals surface area contributed by atoms with E-state index < -0.39 is 0 Å². The lowest BCUT2D eigenvalue weighted by molar-refractivity contribution is 0.270. The fourth-order valence-electron chi connectivity index (χ4n) is 1.33. The van der Waals surface area contributed by atoms with Gasteiger partial charge in [-0.05, 0) is 19.9 Å². The highest BCUT2D eigenvalue weighted by Gasteiger charge is 2.16. The first-order valence-corrected chi connectivity index (χ1v) is 6.20. The van der Waals surface area contributed by atoms with Crippen LogP contribution in [0.1, 0.15) is 13.8 Å². The highest BCUT2D eigenvalue weighted by molar-refractivity contribution is 6.37. The lowest BCUT2D eigenvalue weighted by Crippen LogP contribution is -2.32. The summed E-state index contributed by atoms with van der Waals surface area (Å²) in [4.78, 5) is 6.19. The van der Waals surface area contributed by atoms with Gasteiger partial charge in [-0.3, -0.25) is 0 Å². The molecule has 1 heterocycles. The quantitative estimate of drug-likeness (QED) is 0.869. The molecular formula is C11H17Cl2N3O. The summed E-state index contributed by atoms with van der Waals surface area (Å²) in [7, 11) is 1.83. The van der Waals surface area contributed by atoms with E-state index in [9.17, 15) is 0 Å². The normalized spacial score (nSPS) is 12.4. The Kier molecular flexibility index (Phi) is 5.31. The number of hydrogen-bond donors (Lipinski definition) is 2.